The van der Waals surface area contributed by atoms with E-state index in [1.165, 1.54) is 30.3 Å². The van der Waals surface area contributed by atoms with Crippen LogP contribution in [-0.4, -0.2) is 21.9 Å². The summed E-state index contributed by atoms with van der Waals surface area (Å²) in [5, 5.41) is 12.1. The van der Waals surface area contributed by atoms with Gasteiger partial charge in [-0.2, -0.15) is 10.2 Å². The van der Waals surface area contributed by atoms with Crippen LogP contribution in [0, 0.1) is 5.82 Å². The van der Waals surface area contributed by atoms with Crippen LogP contribution in [0.1, 0.15) is 17.4 Å². The summed E-state index contributed by atoms with van der Waals surface area (Å²) < 4.78 is 18.1. The molecule has 7 nitrogen and oxygen atoms in total. The molecule has 29 heavy (non-hydrogen) atoms. The van der Waals surface area contributed by atoms with Crippen LogP contribution in [0.25, 0.3) is 11.3 Å². The summed E-state index contributed by atoms with van der Waals surface area (Å²) in [6.07, 6.45) is 0. The van der Waals surface area contributed by atoms with Crippen LogP contribution in [0.2, 0.25) is 5.02 Å². The van der Waals surface area contributed by atoms with Gasteiger partial charge in [0, 0.05) is 16.7 Å². The SMILES string of the molecule is CC(=N/NC(=O)c1cc(-c2ccc(Cl)cc2)on1)/C(Cl)=N\Nc1ccc(F)cc1. The van der Waals surface area contributed by atoms with Gasteiger partial charge in [-0.05, 0) is 55.5 Å². The van der Waals surface area contributed by atoms with Crippen molar-refractivity contribution >= 4 is 45.7 Å². The zero-order valence-corrected chi connectivity index (χ0v) is 16.5. The lowest BCUT2D eigenvalue weighted by Gasteiger charge is -2.02. The van der Waals surface area contributed by atoms with Crippen LogP contribution in [0.5, 0.6) is 0 Å². The van der Waals surface area contributed by atoms with Crippen molar-refractivity contribution in [3.8, 4) is 11.3 Å². The number of aromatic nitrogens is 1. The van der Waals surface area contributed by atoms with Crippen molar-refractivity contribution < 1.29 is 13.7 Å². The molecule has 1 aromatic heterocycles. The topological polar surface area (TPSA) is 91.9 Å². The molecule has 0 saturated heterocycles. The average molecular weight is 434 g/mol. The third-order valence-corrected chi connectivity index (χ3v) is 4.23. The van der Waals surface area contributed by atoms with Crippen LogP contribution >= 0.6 is 23.2 Å². The zero-order valence-electron chi connectivity index (χ0n) is 15.0. The number of benzene rings is 2. The molecule has 0 spiro atoms. The van der Waals surface area contributed by atoms with Gasteiger partial charge in [0.1, 0.15) is 5.82 Å². The summed E-state index contributed by atoms with van der Waals surface area (Å²) >= 11 is 11.9. The number of hydrogen-bond donors (Lipinski definition) is 2. The summed E-state index contributed by atoms with van der Waals surface area (Å²) in [5.41, 5.74) is 6.54. The molecule has 1 amide bonds. The van der Waals surface area contributed by atoms with Crippen molar-refractivity contribution in [2.24, 2.45) is 10.2 Å². The average Bonchev–Trinajstić information content (AvgIpc) is 3.22. The molecule has 1 heterocycles. The highest BCUT2D eigenvalue weighted by Crippen LogP contribution is 2.22. The van der Waals surface area contributed by atoms with E-state index in [0.717, 1.165) is 5.56 Å². The van der Waals surface area contributed by atoms with E-state index in [2.05, 4.69) is 26.2 Å². The van der Waals surface area contributed by atoms with Gasteiger partial charge in [0.25, 0.3) is 5.91 Å². The Morgan fingerprint density at radius 3 is 2.48 bits per heavy atom. The monoisotopic (exact) mass is 433 g/mol. The molecule has 2 aromatic carbocycles. The van der Waals surface area contributed by atoms with Crippen LogP contribution in [-0.2, 0) is 0 Å². The number of rotatable bonds is 6. The highest BCUT2D eigenvalue weighted by Gasteiger charge is 2.13. The molecule has 10 heteroatoms. The molecule has 0 aliphatic carbocycles. The fourth-order valence-electron chi connectivity index (χ4n) is 2.09. The molecule has 0 atom stereocenters. The molecule has 0 bridgehead atoms. The minimum absolute atomic E-state index is 0.0108. The van der Waals surface area contributed by atoms with E-state index < -0.39 is 5.91 Å². The fraction of sp³-hybridized carbons (Fsp3) is 0.0526. The maximum absolute atomic E-state index is 12.9. The molecule has 3 aromatic rings. The zero-order chi connectivity index (χ0) is 20.8. The Labute approximate surface area is 175 Å². The maximum atomic E-state index is 12.9. The lowest BCUT2D eigenvalue weighted by molar-refractivity contribution is 0.0946. The maximum Gasteiger partial charge on any atom is 0.293 e. The lowest BCUT2D eigenvalue weighted by atomic mass is 10.1. The molecule has 0 fully saturated rings. The van der Waals surface area contributed by atoms with Gasteiger partial charge in [0.2, 0.25) is 0 Å². The molecule has 0 unspecified atom stereocenters. The highest BCUT2D eigenvalue weighted by atomic mass is 35.5. The Bertz CT molecular complexity index is 1060. The molecule has 0 aliphatic heterocycles. The van der Waals surface area contributed by atoms with E-state index in [4.69, 9.17) is 27.7 Å². The Morgan fingerprint density at radius 2 is 1.79 bits per heavy atom. The number of amides is 1. The number of hydrogen-bond acceptors (Lipinski definition) is 6. The summed E-state index contributed by atoms with van der Waals surface area (Å²) in [6.45, 7) is 1.56. The molecule has 3 rings (SSSR count). The second-order valence-corrected chi connectivity index (χ2v) is 6.54. The first-order valence-corrected chi connectivity index (χ1v) is 9.00. The van der Waals surface area contributed by atoms with Gasteiger partial charge in [0.05, 0.1) is 11.4 Å². The van der Waals surface area contributed by atoms with Gasteiger partial charge in [-0.1, -0.05) is 28.4 Å². The van der Waals surface area contributed by atoms with Gasteiger partial charge < -0.3 is 4.52 Å². The summed E-state index contributed by atoms with van der Waals surface area (Å²) in [5.74, 6) is -0.530. The number of halogens is 3. The van der Waals surface area contributed by atoms with Crippen molar-refractivity contribution in [1.82, 2.24) is 10.6 Å². The van der Waals surface area contributed by atoms with Crippen LogP contribution in [0.4, 0.5) is 10.1 Å². The van der Waals surface area contributed by atoms with Crippen molar-refractivity contribution in [1.29, 1.82) is 0 Å². The highest BCUT2D eigenvalue weighted by molar-refractivity contribution is 6.83. The van der Waals surface area contributed by atoms with Gasteiger partial charge in [0.15, 0.2) is 16.6 Å². The first kappa shape index (κ1) is 20.5. The first-order chi connectivity index (χ1) is 13.9. The third kappa shape index (κ3) is 5.63. The Balaban J connectivity index is 1.61. The van der Waals surface area contributed by atoms with Gasteiger partial charge in [-0.25, -0.2) is 9.82 Å². The normalized spacial score (nSPS) is 12.0. The molecule has 0 radical (unpaired) electrons. The van der Waals surface area contributed by atoms with E-state index in [-0.39, 0.29) is 22.4 Å². The Kier molecular flexibility index (Phi) is 6.58. The number of nitrogens with zero attached hydrogens (tertiary/aromatic N) is 3. The van der Waals surface area contributed by atoms with Crippen molar-refractivity contribution in [3.05, 3.63) is 71.1 Å². The quantitative estimate of drug-likeness (QED) is 0.426. The largest absolute Gasteiger partial charge is 0.355 e. The fourth-order valence-corrected chi connectivity index (χ4v) is 2.30. The number of hydrazone groups is 2. The molecule has 2 N–H and O–H groups in total. The number of anilines is 1. The van der Waals surface area contributed by atoms with Crippen LogP contribution in [0.15, 0.2) is 69.3 Å². The predicted octanol–water partition coefficient (Wildman–Crippen LogP) is 4.90. The molecule has 0 aliphatic rings. The Morgan fingerprint density at radius 1 is 1.10 bits per heavy atom. The van der Waals surface area contributed by atoms with Gasteiger partial charge >= 0.3 is 0 Å². The van der Waals surface area contributed by atoms with Crippen LogP contribution in [0.3, 0.4) is 0 Å². The third-order valence-electron chi connectivity index (χ3n) is 3.62. The van der Waals surface area contributed by atoms with Crippen LogP contribution < -0.4 is 10.9 Å². The van der Waals surface area contributed by atoms with E-state index in [9.17, 15) is 9.18 Å². The van der Waals surface area contributed by atoms with Crippen molar-refractivity contribution in [2.75, 3.05) is 5.43 Å². The summed E-state index contributed by atoms with van der Waals surface area (Å²) in [6, 6.07) is 13.9. The number of carbonyl (C=O) groups excluding carboxylic acids is 1. The standard InChI is InChI=1S/C19H14Cl2FN5O2/c1-11(18(21)25-24-15-8-6-14(22)7-9-15)23-26-19(28)16-10-17(29-27-16)12-2-4-13(20)5-3-12/h2-10,24H,1H3,(H,26,28)/b23-11-,25-18+. The number of nitrogens with one attached hydrogen (secondary N) is 2. The lowest BCUT2D eigenvalue weighted by Crippen LogP contribution is -2.21. The summed E-state index contributed by atoms with van der Waals surface area (Å²) in [7, 11) is 0. The van der Waals surface area contributed by atoms with E-state index in [1.54, 1.807) is 31.2 Å². The summed E-state index contributed by atoms with van der Waals surface area (Å²) in [4.78, 5) is 12.2. The molecular weight excluding hydrogens is 420 g/mol. The predicted molar refractivity (Wildman–Crippen MR) is 111 cm³/mol. The second kappa shape index (κ2) is 9.31. The van der Waals surface area contributed by atoms with Crippen molar-refractivity contribution in [3.63, 3.8) is 0 Å². The number of carbonyl (C=O) groups is 1. The molecule has 148 valence electrons. The first-order valence-electron chi connectivity index (χ1n) is 8.25. The van der Waals surface area contributed by atoms with E-state index >= 15 is 0 Å². The molecule has 0 saturated carbocycles. The Hall–Kier alpha value is -3.23. The van der Waals surface area contributed by atoms with E-state index in [1.807, 2.05) is 0 Å². The smallest absolute Gasteiger partial charge is 0.293 e. The van der Waals surface area contributed by atoms with Gasteiger partial charge in [-0.3, -0.25) is 10.2 Å². The minimum Gasteiger partial charge on any atom is -0.355 e. The van der Waals surface area contributed by atoms with E-state index in [0.29, 0.717) is 16.5 Å². The second-order valence-electron chi connectivity index (χ2n) is 5.74. The molecular formula is C19H14Cl2FN5O2. The van der Waals surface area contributed by atoms with Gasteiger partial charge in [-0.15, -0.1) is 0 Å². The van der Waals surface area contributed by atoms with Crippen molar-refractivity contribution in [2.45, 2.75) is 6.92 Å². The minimum atomic E-state index is -0.579.